The molecule has 1 rings (SSSR count). The first-order valence-electron chi connectivity index (χ1n) is 8.62. The van der Waals surface area contributed by atoms with Gasteiger partial charge in [0.15, 0.2) is 0 Å². The lowest BCUT2D eigenvalue weighted by atomic mass is 10.1. The Morgan fingerprint density at radius 2 is 1.64 bits per heavy atom. The molecule has 0 N–H and O–H groups in total. The molecule has 0 aliphatic heterocycles. The zero-order valence-electron chi connectivity index (χ0n) is 14.1. The summed E-state index contributed by atoms with van der Waals surface area (Å²) >= 11 is 3.53. The second-order valence-corrected chi connectivity index (χ2v) is 8.35. The summed E-state index contributed by atoms with van der Waals surface area (Å²) in [7, 11) is -1.06. The van der Waals surface area contributed by atoms with E-state index in [1.165, 1.54) is 35.7 Å². The SMILES string of the molecule is CCCCO[Si](CCCCc1cccc(Br)c1)OCCCC. The van der Waals surface area contributed by atoms with Gasteiger partial charge in [-0.25, -0.2) is 0 Å². The van der Waals surface area contributed by atoms with Gasteiger partial charge in [-0.1, -0.05) is 61.2 Å². The van der Waals surface area contributed by atoms with E-state index in [0.29, 0.717) is 0 Å². The topological polar surface area (TPSA) is 18.5 Å². The zero-order valence-corrected chi connectivity index (χ0v) is 16.7. The summed E-state index contributed by atoms with van der Waals surface area (Å²) in [6, 6.07) is 9.70. The van der Waals surface area contributed by atoms with Crippen LogP contribution in [0.5, 0.6) is 0 Å². The van der Waals surface area contributed by atoms with Gasteiger partial charge in [-0.2, -0.15) is 0 Å². The first kappa shape index (κ1) is 19.9. The van der Waals surface area contributed by atoms with Gasteiger partial charge in [0.25, 0.3) is 0 Å². The van der Waals surface area contributed by atoms with Gasteiger partial charge in [0.1, 0.15) is 0 Å². The van der Waals surface area contributed by atoms with Crippen LogP contribution in [0.15, 0.2) is 28.7 Å². The lowest BCUT2D eigenvalue weighted by Crippen LogP contribution is -2.24. The molecule has 0 aliphatic carbocycles. The number of rotatable bonds is 13. The smallest absolute Gasteiger partial charge is 0.384 e. The number of hydrogen-bond donors (Lipinski definition) is 0. The van der Waals surface area contributed by atoms with E-state index in [0.717, 1.165) is 38.5 Å². The van der Waals surface area contributed by atoms with Crippen LogP contribution in [0.2, 0.25) is 6.04 Å². The second kappa shape index (κ2) is 13.3. The molecule has 0 fully saturated rings. The van der Waals surface area contributed by atoms with Gasteiger partial charge in [-0.05, 0) is 49.4 Å². The average Bonchev–Trinajstić information content (AvgIpc) is 2.51. The fourth-order valence-corrected chi connectivity index (χ4v) is 4.24. The highest BCUT2D eigenvalue weighted by Crippen LogP contribution is 2.15. The third-order valence-corrected chi connectivity index (χ3v) is 5.81. The van der Waals surface area contributed by atoms with Crippen LogP contribution in [-0.2, 0) is 15.3 Å². The molecule has 0 aromatic heterocycles. The molecule has 0 saturated carbocycles. The Labute approximate surface area is 146 Å². The summed E-state index contributed by atoms with van der Waals surface area (Å²) < 4.78 is 13.1. The van der Waals surface area contributed by atoms with Crippen LogP contribution >= 0.6 is 15.9 Å². The van der Waals surface area contributed by atoms with Gasteiger partial charge >= 0.3 is 9.28 Å². The molecule has 1 radical (unpaired) electrons. The first-order chi connectivity index (χ1) is 10.8. The van der Waals surface area contributed by atoms with Gasteiger partial charge < -0.3 is 8.85 Å². The van der Waals surface area contributed by atoms with Gasteiger partial charge in [0.2, 0.25) is 0 Å². The number of unbranched alkanes of at least 4 members (excludes halogenated alkanes) is 3. The van der Waals surface area contributed by atoms with E-state index in [4.69, 9.17) is 8.85 Å². The standard InChI is InChI=1S/C18H30BrO2Si/c1-3-5-13-20-22(21-14-6-4-2)15-8-7-10-17-11-9-12-18(19)16-17/h9,11-12,16H,3-8,10,13-15H2,1-2H3. The third kappa shape index (κ3) is 9.77. The lowest BCUT2D eigenvalue weighted by Gasteiger charge is -2.15. The number of hydrogen-bond acceptors (Lipinski definition) is 2. The summed E-state index contributed by atoms with van der Waals surface area (Å²) in [6.07, 6.45) is 8.20. The second-order valence-electron chi connectivity index (χ2n) is 5.61. The minimum Gasteiger partial charge on any atom is -0.393 e. The highest BCUT2D eigenvalue weighted by atomic mass is 79.9. The van der Waals surface area contributed by atoms with Crippen LogP contribution in [0.4, 0.5) is 0 Å². The predicted octanol–water partition coefficient (Wildman–Crippen LogP) is 5.89. The Bertz CT molecular complexity index is 377. The lowest BCUT2D eigenvalue weighted by molar-refractivity contribution is 0.190. The van der Waals surface area contributed by atoms with E-state index in [1.54, 1.807) is 0 Å². The predicted molar refractivity (Wildman–Crippen MR) is 99.4 cm³/mol. The van der Waals surface area contributed by atoms with E-state index < -0.39 is 9.28 Å². The van der Waals surface area contributed by atoms with Gasteiger partial charge in [-0.15, -0.1) is 0 Å². The molecule has 0 aliphatic rings. The molecular formula is C18H30BrO2Si. The van der Waals surface area contributed by atoms with Gasteiger partial charge in [0.05, 0.1) is 0 Å². The molecule has 0 saturated heterocycles. The van der Waals surface area contributed by atoms with Crippen LogP contribution in [0, 0.1) is 0 Å². The van der Waals surface area contributed by atoms with Gasteiger partial charge in [0, 0.05) is 17.7 Å². The van der Waals surface area contributed by atoms with Crippen molar-refractivity contribution in [3.63, 3.8) is 0 Å². The number of benzene rings is 1. The molecule has 0 unspecified atom stereocenters. The van der Waals surface area contributed by atoms with Crippen molar-refractivity contribution < 1.29 is 8.85 Å². The summed E-state index contributed by atoms with van der Waals surface area (Å²) in [5, 5.41) is 0. The Morgan fingerprint density at radius 1 is 0.955 bits per heavy atom. The number of aryl methyl sites for hydroxylation is 1. The van der Waals surface area contributed by atoms with E-state index in [2.05, 4.69) is 54.0 Å². The maximum atomic E-state index is 5.97. The summed E-state index contributed by atoms with van der Waals surface area (Å²) in [5.41, 5.74) is 1.40. The van der Waals surface area contributed by atoms with Crippen molar-refractivity contribution in [2.45, 2.75) is 64.8 Å². The monoisotopic (exact) mass is 385 g/mol. The third-order valence-electron chi connectivity index (χ3n) is 3.51. The van der Waals surface area contributed by atoms with Crippen LogP contribution in [-0.4, -0.2) is 22.5 Å². The Hall–Kier alpha value is -0.163. The molecule has 1 aromatic carbocycles. The Morgan fingerprint density at radius 3 is 2.23 bits per heavy atom. The molecule has 1 aromatic rings. The fourth-order valence-electron chi connectivity index (χ4n) is 2.14. The molecule has 125 valence electrons. The zero-order chi connectivity index (χ0) is 16.0. The van der Waals surface area contributed by atoms with Crippen molar-refractivity contribution in [2.24, 2.45) is 0 Å². The minimum atomic E-state index is -1.06. The normalized spacial score (nSPS) is 11.3. The van der Waals surface area contributed by atoms with E-state index in [9.17, 15) is 0 Å². The minimum absolute atomic E-state index is 0.864. The Balaban J connectivity index is 2.22. The molecular weight excluding hydrogens is 356 g/mol. The van der Waals surface area contributed by atoms with Crippen molar-refractivity contribution in [3.8, 4) is 0 Å². The Kier molecular flexibility index (Phi) is 12.0. The van der Waals surface area contributed by atoms with Crippen molar-refractivity contribution in [1.29, 1.82) is 0 Å². The highest BCUT2D eigenvalue weighted by Gasteiger charge is 2.15. The van der Waals surface area contributed by atoms with Crippen molar-refractivity contribution >= 4 is 25.2 Å². The average molecular weight is 386 g/mol. The van der Waals surface area contributed by atoms with Crippen molar-refractivity contribution in [2.75, 3.05) is 13.2 Å². The first-order valence-corrected chi connectivity index (χ1v) is 10.9. The van der Waals surface area contributed by atoms with E-state index >= 15 is 0 Å². The molecule has 4 heteroatoms. The van der Waals surface area contributed by atoms with Crippen molar-refractivity contribution in [3.05, 3.63) is 34.3 Å². The molecule has 0 atom stereocenters. The van der Waals surface area contributed by atoms with Crippen LogP contribution in [0.1, 0.15) is 57.9 Å². The quantitative estimate of drug-likeness (QED) is 0.311. The molecule has 22 heavy (non-hydrogen) atoms. The molecule has 2 nitrogen and oxygen atoms in total. The van der Waals surface area contributed by atoms with Gasteiger partial charge in [-0.3, -0.25) is 0 Å². The molecule has 0 amide bonds. The number of halogens is 1. The highest BCUT2D eigenvalue weighted by molar-refractivity contribution is 9.10. The van der Waals surface area contributed by atoms with Crippen LogP contribution in [0.3, 0.4) is 0 Å². The van der Waals surface area contributed by atoms with E-state index in [1.807, 2.05) is 0 Å². The maximum Gasteiger partial charge on any atom is 0.384 e. The summed E-state index contributed by atoms with van der Waals surface area (Å²) in [4.78, 5) is 0. The summed E-state index contributed by atoms with van der Waals surface area (Å²) in [5.74, 6) is 0. The largest absolute Gasteiger partial charge is 0.393 e. The fraction of sp³-hybridized carbons (Fsp3) is 0.667. The maximum absolute atomic E-state index is 5.97. The molecule has 0 heterocycles. The van der Waals surface area contributed by atoms with Crippen molar-refractivity contribution in [1.82, 2.24) is 0 Å². The molecule has 0 bridgehead atoms. The van der Waals surface area contributed by atoms with Crippen LogP contribution < -0.4 is 0 Å². The van der Waals surface area contributed by atoms with E-state index in [-0.39, 0.29) is 0 Å². The molecule has 0 spiro atoms. The van der Waals surface area contributed by atoms with Crippen LogP contribution in [0.25, 0.3) is 0 Å². The summed E-state index contributed by atoms with van der Waals surface area (Å²) in [6.45, 7) is 6.13.